The van der Waals surface area contributed by atoms with Crippen LogP contribution >= 0.6 is 0 Å². The van der Waals surface area contributed by atoms with Gasteiger partial charge in [-0.05, 0) is 43.2 Å². The standard InChI is InChI=1S/C21H24N2O7S/c24-16(13-28-17-6-7-19-20(11-17)30-14-29-19)12-22-21(25)15-4-3-5-18(10-15)31(26,27)23-8-1-2-9-23/h3-7,10-11,16,24H,1-2,8-9,12-14H2,(H,22,25). The van der Waals surface area contributed by atoms with E-state index in [1.165, 1.54) is 28.6 Å². The summed E-state index contributed by atoms with van der Waals surface area (Å²) in [6.07, 6.45) is 0.725. The van der Waals surface area contributed by atoms with Crippen LogP contribution in [0.15, 0.2) is 47.4 Å². The summed E-state index contributed by atoms with van der Waals surface area (Å²) in [6.45, 7) is 1.06. The fraction of sp³-hybridized carbons (Fsp3) is 0.381. The third-order valence-electron chi connectivity index (χ3n) is 5.08. The highest BCUT2D eigenvalue weighted by atomic mass is 32.2. The first-order chi connectivity index (χ1) is 14.9. The van der Waals surface area contributed by atoms with Gasteiger partial charge in [-0.15, -0.1) is 0 Å². The average molecular weight is 448 g/mol. The number of ether oxygens (including phenoxy) is 3. The molecule has 31 heavy (non-hydrogen) atoms. The maximum atomic E-state index is 12.7. The second-order valence-corrected chi connectivity index (χ2v) is 9.27. The first-order valence-electron chi connectivity index (χ1n) is 10.0. The molecule has 2 aliphatic rings. The second kappa shape index (κ2) is 9.13. The summed E-state index contributed by atoms with van der Waals surface area (Å²) >= 11 is 0. The van der Waals surface area contributed by atoms with E-state index in [0.717, 1.165) is 12.8 Å². The summed E-state index contributed by atoms with van der Waals surface area (Å²) in [7, 11) is -3.60. The number of fused-ring (bicyclic) bond motifs is 1. The molecule has 9 nitrogen and oxygen atoms in total. The highest BCUT2D eigenvalue weighted by Gasteiger charge is 2.27. The van der Waals surface area contributed by atoms with Crippen molar-refractivity contribution in [2.75, 3.05) is 33.0 Å². The van der Waals surface area contributed by atoms with E-state index in [2.05, 4.69) is 5.32 Å². The van der Waals surface area contributed by atoms with Crippen molar-refractivity contribution in [3.63, 3.8) is 0 Å². The lowest BCUT2D eigenvalue weighted by atomic mass is 10.2. The van der Waals surface area contributed by atoms with Gasteiger partial charge in [0.2, 0.25) is 16.8 Å². The number of aliphatic hydroxyl groups excluding tert-OH is 1. The lowest BCUT2D eigenvalue weighted by molar-refractivity contribution is 0.0843. The van der Waals surface area contributed by atoms with Gasteiger partial charge in [0.15, 0.2) is 11.5 Å². The number of carbonyl (C=O) groups excluding carboxylic acids is 1. The Kier molecular flexibility index (Phi) is 6.30. The number of nitrogens with zero attached hydrogens (tertiary/aromatic N) is 1. The Morgan fingerprint density at radius 1 is 1.13 bits per heavy atom. The van der Waals surface area contributed by atoms with Crippen LogP contribution in [-0.4, -0.2) is 62.9 Å². The molecule has 1 saturated heterocycles. The molecule has 4 rings (SSSR count). The quantitative estimate of drug-likeness (QED) is 0.627. The van der Waals surface area contributed by atoms with Gasteiger partial charge in [-0.1, -0.05) is 6.07 Å². The maximum absolute atomic E-state index is 12.7. The van der Waals surface area contributed by atoms with Crippen molar-refractivity contribution < 1.29 is 32.5 Å². The maximum Gasteiger partial charge on any atom is 0.251 e. The Morgan fingerprint density at radius 2 is 1.90 bits per heavy atom. The summed E-state index contributed by atoms with van der Waals surface area (Å²) in [5.41, 5.74) is 0.212. The zero-order valence-corrected chi connectivity index (χ0v) is 17.6. The molecule has 1 atom stereocenters. The number of amides is 1. The van der Waals surface area contributed by atoms with Crippen LogP contribution in [0.1, 0.15) is 23.2 Å². The fourth-order valence-corrected chi connectivity index (χ4v) is 4.97. The third kappa shape index (κ3) is 4.92. The Bertz CT molecular complexity index is 1050. The Balaban J connectivity index is 1.30. The van der Waals surface area contributed by atoms with Gasteiger partial charge < -0.3 is 24.6 Å². The molecule has 0 spiro atoms. The number of hydrogen-bond donors (Lipinski definition) is 2. The van der Waals surface area contributed by atoms with Gasteiger partial charge in [0.1, 0.15) is 18.5 Å². The van der Waals surface area contributed by atoms with E-state index < -0.39 is 22.0 Å². The summed E-state index contributed by atoms with van der Waals surface area (Å²) in [5, 5.41) is 12.7. The smallest absolute Gasteiger partial charge is 0.251 e. The van der Waals surface area contributed by atoms with Crippen LogP contribution in [0.4, 0.5) is 0 Å². The van der Waals surface area contributed by atoms with E-state index in [1.54, 1.807) is 18.2 Å². The van der Waals surface area contributed by atoms with Crippen molar-refractivity contribution in [2.24, 2.45) is 0 Å². The van der Waals surface area contributed by atoms with Crippen LogP contribution in [-0.2, 0) is 10.0 Å². The van der Waals surface area contributed by atoms with Crippen molar-refractivity contribution in [3.8, 4) is 17.2 Å². The molecule has 0 radical (unpaired) electrons. The molecular formula is C21H24N2O7S. The van der Waals surface area contributed by atoms with E-state index in [9.17, 15) is 18.3 Å². The molecule has 0 bridgehead atoms. The number of aliphatic hydroxyl groups is 1. The minimum absolute atomic E-state index is 0.0384. The molecule has 10 heteroatoms. The summed E-state index contributed by atoms with van der Waals surface area (Å²) in [5.74, 6) is 1.24. The molecule has 2 aromatic carbocycles. The van der Waals surface area contributed by atoms with Crippen LogP contribution in [0.3, 0.4) is 0 Å². The van der Waals surface area contributed by atoms with Crippen LogP contribution in [0.5, 0.6) is 17.2 Å². The molecule has 1 fully saturated rings. The van der Waals surface area contributed by atoms with Gasteiger partial charge in [-0.2, -0.15) is 4.31 Å². The lowest BCUT2D eigenvalue weighted by Crippen LogP contribution is -2.35. The van der Waals surface area contributed by atoms with Crippen molar-refractivity contribution in [2.45, 2.75) is 23.8 Å². The van der Waals surface area contributed by atoms with E-state index in [4.69, 9.17) is 14.2 Å². The SMILES string of the molecule is O=C(NCC(O)COc1ccc2c(c1)OCO2)c1cccc(S(=O)(=O)N2CCCC2)c1. The molecule has 0 aromatic heterocycles. The van der Waals surface area contributed by atoms with Crippen molar-refractivity contribution in [1.82, 2.24) is 9.62 Å². The van der Waals surface area contributed by atoms with Gasteiger partial charge in [0, 0.05) is 31.3 Å². The molecule has 166 valence electrons. The van der Waals surface area contributed by atoms with Gasteiger partial charge in [0.05, 0.1) is 4.90 Å². The lowest BCUT2D eigenvalue weighted by Gasteiger charge is -2.16. The van der Waals surface area contributed by atoms with E-state index >= 15 is 0 Å². The number of benzene rings is 2. The van der Waals surface area contributed by atoms with Crippen molar-refractivity contribution >= 4 is 15.9 Å². The van der Waals surface area contributed by atoms with Gasteiger partial charge in [-0.25, -0.2) is 8.42 Å². The van der Waals surface area contributed by atoms with Crippen LogP contribution in [0.2, 0.25) is 0 Å². The predicted molar refractivity (Wildman–Crippen MR) is 111 cm³/mol. The van der Waals surface area contributed by atoms with Crippen LogP contribution < -0.4 is 19.5 Å². The highest BCUT2D eigenvalue weighted by molar-refractivity contribution is 7.89. The number of hydrogen-bond acceptors (Lipinski definition) is 7. The molecular weight excluding hydrogens is 424 g/mol. The molecule has 0 aliphatic carbocycles. The van der Waals surface area contributed by atoms with Crippen LogP contribution in [0.25, 0.3) is 0 Å². The Labute approximate surface area is 180 Å². The average Bonchev–Trinajstić information content (AvgIpc) is 3.48. The summed E-state index contributed by atoms with van der Waals surface area (Å²) in [6, 6.07) is 11.0. The monoisotopic (exact) mass is 448 g/mol. The Morgan fingerprint density at radius 3 is 2.71 bits per heavy atom. The first kappa shape index (κ1) is 21.4. The van der Waals surface area contributed by atoms with E-state index in [1.807, 2.05) is 0 Å². The van der Waals surface area contributed by atoms with E-state index in [0.29, 0.717) is 30.3 Å². The van der Waals surface area contributed by atoms with Gasteiger partial charge >= 0.3 is 0 Å². The minimum atomic E-state index is -3.60. The number of rotatable bonds is 8. The molecule has 2 heterocycles. The molecule has 2 aliphatic heterocycles. The highest BCUT2D eigenvalue weighted by Crippen LogP contribution is 2.35. The van der Waals surface area contributed by atoms with Crippen molar-refractivity contribution in [1.29, 1.82) is 0 Å². The minimum Gasteiger partial charge on any atom is -0.491 e. The van der Waals surface area contributed by atoms with Crippen LogP contribution in [0, 0.1) is 0 Å². The molecule has 2 N–H and O–H groups in total. The Hall–Kier alpha value is -2.82. The van der Waals surface area contributed by atoms with Gasteiger partial charge in [0.25, 0.3) is 5.91 Å². The van der Waals surface area contributed by atoms with Gasteiger partial charge in [-0.3, -0.25) is 4.79 Å². The molecule has 0 saturated carbocycles. The topological polar surface area (TPSA) is 114 Å². The summed E-state index contributed by atoms with van der Waals surface area (Å²) in [4.78, 5) is 12.5. The zero-order chi connectivity index (χ0) is 21.8. The largest absolute Gasteiger partial charge is 0.491 e. The number of sulfonamides is 1. The first-order valence-corrected chi connectivity index (χ1v) is 11.5. The zero-order valence-electron chi connectivity index (χ0n) is 16.8. The fourth-order valence-electron chi connectivity index (χ4n) is 3.41. The summed E-state index contributed by atoms with van der Waals surface area (Å²) < 4.78 is 42.8. The van der Waals surface area contributed by atoms with Crippen molar-refractivity contribution in [3.05, 3.63) is 48.0 Å². The third-order valence-corrected chi connectivity index (χ3v) is 6.98. The van der Waals surface area contributed by atoms with E-state index in [-0.39, 0.29) is 30.4 Å². The normalized spacial score (nSPS) is 16.8. The number of carbonyl (C=O) groups is 1. The number of nitrogens with one attached hydrogen (secondary N) is 1. The molecule has 1 amide bonds. The molecule has 2 aromatic rings. The predicted octanol–water partition coefficient (Wildman–Crippen LogP) is 1.37. The second-order valence-electron chi connectivity index (χ2n) is 7.33. The molecule has 1 unspecified atom stereocenters.